The van der Waals surface area contributed by atoms with Gasteiger partial charge in [0, 0.05) is 10.6 Å². The van der Waals surface area contributed by atoms with Gasteiger partial charge in [-0.25, -0.2) is 4.98 Å². The van der Waals surface area contributed by atoms with Crippen LogP contribution in [0.15, 0.2) is 24.3 Å². The lowest BCUT2D eigenvalue weighted by Gasteiger charge is -2.13. The second-order valence-corrected chi connectivity index (χ2v) is 4.35. The van der Waals surface area contributed by atoms with Gasteiger partial charge in [0.05, 0.1) is 11.8 Å². The predicted molar refractivity (Wildman–Crippen MR) is 79.2 cm³/mol. The van der Waals surface area contributed by atoms with Crippen LogP contribution in [-0.2, 0) is 0 Å². The topological polar surface area (TPSA) is 98.0 Å². The Balaban J connectivity index is 0.00000180. The number of aromatic nitrogens is 2. The molecule has 0 aliphatic rings. The highest BCUT2D eigenvalue weighted by Gasteiger charge is 2.17. The number of nitrogens with two attached hydrogens (primary N) is 2. The maximum absolute atomic E-state index is 9.74. The number of aliphatic hydroxyl groups excluding tert-OH is 1. The van der Waals surface area contributed by atoms with Crippen LogP contribution in [0.25, 0.3) is 11.1 Å². The molecule has 0 radical (unpaired) electrons. The Hall–Kier alpha value is -1.56. The van der Waals surface area contributed by atoms with E-state index in [0.717, 1.165) is 5.56 Å². The van der Waals surface area contributed by atoms with E-state index in [9.17, 15) is 5.11 Å². The van der Waals surface area contributed by atoms with E-state index in [2.05, 4.69) is 9.97 Å². The van der Waals surface area contributed by atoms with Gasteiger partial charge in [0.2, 0.25) is 5.95 Å². The molecule has 0 saturated carbocycles. The predicted octanol–water partition coefficient (Wildman–Crippen LogP) is 2.44. The van der Waals surface area contributed by atoms with Crippen LogP contribution in [0.2, 0.25) is 5.02 Å². The summed E-state index contributed by atoms with van der Waals surface area (Å²) in [5, 5.41) is 10.4. The highest BCUT2D eigenvalue weighted by Crippen LogP contribution is 2.32. The van der Waals surface area contributed by atoms with E-state index in [1.165, 1.54) is 0 Å². The van der Waals surface area contributed by atoms with Gasteiger partial charge in [-0.05, 0) is 24.6 Å². The Bertz CT molecular complexity index is 573. The standard InChI is InChI=1S/C12H13ClN4O.ClH/c1-6(18)10-9(11(14)17-12(15)16-10)7-2-4-8(13)5-3-7;/h2-6,18H,1H3,(H4,14,15,16,17);1H. The lowest BCUT2D eigenvalue weighted by atomic mass is 10.0. The molecule has 0 aliphatic heterocycles. The molecule has 5 nitrogen and oxygen atoms in total. The number of anilines is 2. The summed E-state index contributed by atoms with van der Waals surface area (Å²) in [6.45, 7) is 1.60. The maximum atomic E-state index is 9.74. The second-order valence-electron chi connectivity index (χ2n) is 3.91. The maximum Gasteiger partial charge on any atom is 0.222 e. The summed E-state index contributed by atoms with van der Waals surface area (Å²) in [6.07, 6.45) is -0.789. The molecule has 0 aliphatic carbocycles. The van der Waals surface area contributed by atoms with Gasteiger partial charge in [-0.15, -0.1) is 12.4 Å². The van der Waals surface area contributed by atoms with Crippen LogP contribution in [0.1, 0.15) is 18.7 Å². The molecule has 7 heteroatoms. The van der Waals surface area contributed by atoms with Crippen molar-refractivity contribution in [1.82, 2.24) is 9.97 Å². The smallest absolute Gasteiger partial charge is 0.222 e. The first-order valence-corrected chi connectivity index (χ1v) is 5.73. The summed E-state index contributed by atoms with van der Waals surface area (Å²) in [4.78, 5) is 7.95. The molecule has 1 atom stereocenters. The number of nitrogen functional groups attached to an aromatic ring is 2. The molecule has 0 bridgehead atoms. The lowest BCUT2D eigenvalue weighted by molar-refractivity contribution is 0.195. The molecule has 102 valence electrons. The van der Waals surface area contributed by atoms with E-state index < -0.39 is 6.10 Å². The monoisotopic (exact) mass is 300 g/mol. The van der Waals surface area contributed by atoms with Crippen LogP contribution in [0, 0.1) is 0 Å². The Morgan fingerprint density at radius 1 is 1.16 bits per heavy atom. The zero-order valence-corrected chi connectivity index (χ0v) is 11.7. The third kappa shape index (κ3) is 3.26. The lowest BCUT2D eigenvalue weighted by Crippen LogP contribution is -2.08. The molecule has 19 heavy (non-hydrogen) atoms. The van der Waals surface area contributed by atoms with Gasteiger partial charge in [0.1, 0.15) is 5.82 Å². The quantitative estimate of drug-likeness (QED) is 0.791. The summed E-state index contributed by atoms with van der Waals surface area (Å²) in [7, 11) is 0. The molecule has 0 saturated heterocycles. The molecule has 0 amide bonds. The van der Waals surface area contributed by atoms with Gasteiger partial charge in [-0.3, -0.25) is 0 Å². The zero-order valence-electron chi connectivity index (χ0n) is 10.2. The Kier molecular flexibility index (Phi) is 4.94. The van der Waals surface area contributed by atoms with Gasteiger partial charge in [-0.1, -0.05) is 23.7 Å². The van der Waals surface area contributed by atoms with Gasteiger partial charge >= 0.3 is 0 Å². The van der Waals surface area contributed by atoms with Gasteiger partial charge in [0.25, 0.3) is 0 Å². The van der Waals surface area contributed by atoms with E-state index in [-0.39, 0.29) is 24.2 Å². The highest BCUT2D eigenvalue weighted by molar-refractivity contribution is 6.30. The first-order chi connectivity index (χ1) is 8.49. The van der Waals surface area contributed by atoms with Crippen LogP contribution in [-0.4, -0.2) is 15.1 Å². The van der Waals surface area contributed by atoms with Crippen molar-refractivity contribution in [2.45, 2.75) is 13.0 Å². The third-order valence-corrected chi connectivity index (χ3v) is 2.76. The van der Waals surface area contributed by atoms with Crippen molar-refractivity contribution in [2.75, 3.05) is 11.5 Å². The number of nitrogens with zero attached hydrogens (tertiary/aromatic N) is 2. The zero-order chi connectivity index (χ0) is 13.3. The average Bonchev–Trinajstić information content (AvgIpc) is 2.29. The Morgan fingerprint density at radius 3 is 2.26 bits per heavy atom. The fraction of sp³-hybridized carbons (Fsp3) is 0.167. The molecular formula is C12H14Cl2N4O. The fourth-order valence-corrected chi connectivity index (χ4v) is 1.86. The number of benzene rings is 1. The summed E-state index contributed by atoms with van der Waals surface area (Å²) in [5.74, 6) is 0.279. The molecule has 1 aromatic heterocycles. The van der Waals surface area contributed by atoms with Gasteiger partial charge < -0.3 is 16.6 Å². The van der Waals surface area contributed by atoms with Crippen LogP contribution in [0.5, 0.6) is 0 Å². The summed E-state index contributed by atoms with van der Waals surface area (Å²) in [6, 6.07) is 7.05. The minimum atomic E-state index is -0.789. The van der Waals surface area contributed by atoms with Crippen molar-refractivity contribution in [3.05, 3.63) is 35.0 Å². The summed E-state index contributed by atoms with van der Waals surface area (Å²) in [5.41, 5.74) is 13.2. The molecule has 0 spiro atoms. The van der Waals surface area contributed by atoms with E-state index in [1.807, 2.05) is 0 Å². The Morgan fingerprint density at radius 2 is 1.74 bits per heavy atom. The Labute approximate surface area is 122 Å². The number of hydrogen-bond donors (Lipinski definition) is 3. The molecule has 1 aromatic carbocycles. The van der Waals surface area contributed by atoms with Crippen molar-refractivity contribution >= 4 is 35.8 Å². The number of aliphatic hydroxyl groups is 1. The summed E-state index contributed by atoms with van der Waals surface area (Å²) >= 11 is 5.83. The first-order valence-electron chi connectivity index (χ1n) is 5.36. The third-order valence-electron chi connectivity index (χ3n) is 2.51. The van der Waals surface area contributed by atoms with E-state index in [1.54, 1.807) is 31.2 Å². The fourth-order valence-electron chi connectivity index (χ4n) is 1.73. The number of hydrogen-bond acceptors (Lipinski definition) is 5. The normalized spacial score (nSPS) is 11.7. The molecular weight excluding hydrogens is 287 g/mol. The first kappa shape index (κ1) is 15.5. The van der Waals surface area contributed by atoms with Crippen molar-refractivity contribution in [3.63, 3.8) is 0 Å². The van der Waals surface area contributed by atoms with Crippen molar-refractivity contribution in [3.8, 4) is 11.1 Å². The van der Waals surface area contributed by atoms with E-state index in [0.29, 0.717) is 16.3 Å². The minimum Gasteiger partial charge on any atom is -0.387 e. The van der Waals surface area contributed by atoms with Gasteiger partial charge in [-0.2, -0.15) is 4.98 Å². The van der Waals surface area contributed by atoms with E-state index >= 15 is 0 Å². The van der Waals surface area contributed by atoms with Crippen molar-refractivity contribution in [1.29, 1.82) is 0 Å². The molecule has 2 rings (SSSR count). The second kappa shape index (κ2) is 6.06. The molecule has 1 unspecified atom stereocenters. The number of rotatable bonds is 2. The SMILES string of the molecule is CC(O)c1nc(N)nc(N)c1-c1ccc(Cl)cc1.Cl. The summed E-state index contributed by atoms with van der Waals surface area (Å²) < 4.78 is 0. The van der Waals surface area contributed by atoms with Crippen molar-refractivity contribution in [2.24, 2.45) is 0 Å². The van der Waals surface area contributed by atoms with Crippen LogP contribution in [0.4, 0.5) is 11.8 Å². The largest absolute Gasteiger partial charge is 0.387 e. The highest BCUT2D eigenvalue weighted by atomic mass is 35.5. The van der Waals surface area contributed by atoms with E-state index in [4.69, 9.17) is 23.1 Å². The van der Waals surface area contributed by atoms with Crippen molar-refractivity contribution < 1.29 is 5.11 Å². The minimum absolute atomic E-state index is 0. The number of halogens is 2. The molecule has 0 fully saturated rings. The molecule has 2 aromatic rings. The van der Waals surface area contributed by atoms with Crippen LogP contribution < -0.4 is 11.5 Å². The van der Waals surface area contributed by atoms with Crippen LogP contribution >= 0.6 is 24.0 Å². The molecule has 1 heterocycles. The average molecular weight is 301 g/mol. The van der Waals surface area contributed by atoms with Gasteiger partial charge in [0.15, 0.2) is 0 Å². The van der Waals surface area contributed by atoms with Crippen LogP contribution in [0.3, 0.4) is 0 Å². The molecule has 5 N–H and O–H groups in total.